The molecule has 0 spiro atoms. The van der Waals surface area contributed by atoms with E-state index in [4.69, 9.17) is 0 Å². The van der Waals surface area contributed by atoms with E-state index in [1.54, 1.807) is 0 Å². The summed E-state index contributed by atoms with van der Waals surface area (Å²) in [6.45, 7) is 8.76. The van der Waals surface area contributed by atoms with Gasteiger partial charge in [0.1, 0.15) is 0 Å². The molecule has 0 aromatic heterocycles. The zero-order chi connectivity index (χ0) is 24.7. The van der Waals surface area contributed by atoms with Crippen LogP contribution >= 0.6 is 0 Å². The standard InChI is InChI=1S/C31H30BNO2/c1-21-13-17-23(18-14-21)33(24-19-15-22(16-20-24)31(2,3)4)30-27-11-7-5-9-25(27)29(32(34)35)26-10-6-8-12-28(26)30/h5-20,34-35H,1-4H3. The third kappa shape index (κ3) is 4.20. The van der Waals surface area contributed by atoms with Crippen molar-refractivity contribution in [2.45, 2.75) is 33.1 Å². The van der Waals surface area contributed by atoms with Crippen molar-refractivity contribution in [2.75, 3.05) is 4.90 Å². The Kier molecular flexibility index (Phi) is 5.88. The van der Waals surface area contributed by atoms with Crippen molar-refractivity contribution in [3.05, 3.63) is 108 Å². The molecule has 4 heteroatoms. The lowest BCUT2D eigenvalue weighted by Gasteiger charge is -2.30. The van der Waals surface area contributed by atoms with E-state index in [0.29, 0.717) is 5.46 Å². The summed E-state index contributed by atoms with van der Waals surface area (Å²) in [4.78, 5) is 2.28. The molecule has 0 aliphatic rings. The van der Waals surface area contributed by atoms with Gasteiger partial charge in [-0.3, -0.25) is 0 Å². The lowest BCUT2D eigenvalue weighted by atomic mass is 9.73. The molecular weight excluding hydrogens is 429 g/mol. The van der Waals surface area contributed by atoms with Crippen LogP contribution in [-0.2, 0) is 5.41 Å². The van der Waals surface area contributed by atoms with E-state index in [1.165, 1.54) is 11.1 Å². The van der Waals surface area contributed by atoms with Gasteiger partial charge < -0.3 is 14.9 Å². The number of rotatable bonds is 4. The Bertz CT molecular complexity index is 1440. The first kappa shape index (κ1) is 23.2. The number of hydrogen-bond donors (Lipinski definition) is 2. The number of aryl methyl sites for hydroxylation is 1. The molecule has 0 fully saturated rings. The fourth-order valence-electron chi connectivity index (χ4n) is 4.87. The van der Waals surface area contributed by atoms with Crippen molar-refractivity contribution in [3.63, 3.8) is 0 Å². The zero-order valence-corrected chi connectivity index (χ0v) is 20.7. The molecule has 0 amide bonds. The van der Waals surface area contributed by atoms with E-state index < -0.39 is 7.12 Å². The smallest absolute Gasteiger partial charge is 0.423 e. The largest absolute Gasteiger partial charge is 0.489 e. The van der Waals surface area contributed by atoms with Crippen LogP contribution in [0.15, 0.2) is 97.1 Å². The zero-order valence-electron chi connectivity index (χ0n) is 20.7. The van der Waals surface area contributed by atoms with Crippen molar-refractivity contribution >= 4 is 51.2 Å². The van der Waals surface area contributed by atoms with E-state index in [0.717, 1.165) is 38.6 Å². The molecule has 0 aliphatic carbocycles. The highest BCUT2D eigenvalue weighted by Crippen LogP contribution is 2.43. The van der Waals surface area contributed by atoms with Gasteiger partial charge in [0.2, 0.25) is 0 Å². The lowest BCUT2D eigenvalue weighted by molar-refractivity contribution is 0.426. The minimum absolute atomic E-state index is 0.0610. The molecule has 35 heavy (non-hydrogen) atoms. The Morgan fingerprint density at radius 2 is 1.03 bits per heavy atom. The molecule has 0 aliphatic heterocycles. The van der Waals surface area contributed by atoms with E-state index in [9.17, 15) is 10.0 Å². The molecule has 2 N–H and O–H groups in total. The van der Waals surface area contributed by atoms with Crippen LogP contribution in [-0.4, -0.2) is 17.2 Å². The number of nitrogens with zero attached hydrogens (tertiary/aromatic N) is 1. The molecule has 5 aromatic rings. The molecule has 3 nitrogen and oxygen atoms in total. The topological polar surface area (TPSA) is 43.7 Å². The molecule has 0 atom stereocenters. The van der Waals surface area contributed by atoms with Crippen molar-refractivity contribution in [1.82, 2.24) is 0 Å². The third-order valence-corrected chi connectivity index (χ3v) is 6.71. The van der Waals surface area contributed by atoms with Crippen molar-refractivity contribution in [1.29, 1.82) is 0 Å². The summed E-state index contributed by atoms with van der Waals surface area (Å²) in [7, 11) is -1.57. The van der Waals surface area contributed by atoms with Crippen LogP contribution in [0.2, 0.25) is 0 Å². The molecule has 0 radical (unpaired) electrons. The Balaban J connectivity index is 1.88. The van der Waals surface area contributed by atoms with Gasteiger partial charge in [-0.2, -0.15) is 0 Å². The van der Waals surface area contributed by atoms with Gasteiger partial charge in [-0.15, -0.1) is 0 Å². The van der Waals surface area contributed by atoms with Crippen LogP contribution in [0.1, 0.15) is 31.9 Å². The highest BCUT2D eigenvalue weighted by molar-refractivity contribution is 6.66. The molecular formula is C31H30BNO2. The van der Waals surface area contributed by atoms with Crippen LogP contribution in [0.4, 0.5) is 17.1 Å². The van der Waals surface area contributed by atoms with Gasteiger partial charge in [-0.1, -0.05) is 99.1 Å². The number of anilines is 3. The molecule has 0 bridgehead atoms. The van der Waals surface area contributed by atoms with Gasteiger partial charge in [-0.05, 0) is 58.4 Å². The summed E-state index contributed by atoms with van der Waals surface area (Å²) in [5.74, 6) is 0. The summed E-state index contributed by atoms with van der Waals surface area (Å²) < 4.78 is 0. The minimum atomic E-state index is -1.57. The van der Waals surface area contributed by atoms with E-state index in [-0.39, 0.29) is 5.41 Å². The summed E-state index contributed by atoms with van der Waals surface area (Å²) in [6, 6.07) is 33.3. The first-order valence-corrected chi connectivity index (χ1v) is 12.0. The SMILES string of the molecule is Cc1ccc(N(c2ccc(C(C)(C)C)cc2)c2c3ccccc3c(B(O)O)c3ccccc23)cc1. The molecule has 0 saturated heterocycles. The molecule has 0 saturated carbocycles. The highest BCUT2D eigenvalue weighted by atomic mass is 16.4. The second kappa shape index (κ2) is 8.88. The lowest BCUT2D eigenvalue weighted by Crippen LogP contribution is -2.32. The first-order chi connectivity index (χ1) is 16.8. The Morgan fingerprint density at radius 3 is 1.46 bits per heavy atom. The van der Waals surface area contributed by atoms with Crippen LogP contribution in [0, 0.1) is 6.92 Å². The first-order valence-electron chi connectivity index (χ1n) is 12.0. The van der Waals surface area contributed by atoms with Crippen molar-refractivity contribution < 1.29 is 10.0 Å². The van der Waals surface area contributed by atoms with Crippen molar-refractivity contribution in [2.24, 2.45) is 0 Å². The Morgan fingerprint density at radius 1 is 0.600 bits per heavy atom. The van der Waals surface area contributed by atoms with Gasteiger partial charge in [0.15, 0.2) is 0 Å². The van der Waals surface area contributed by atoms with Crippen LogP contribution in [0.5, 0.6) is 0 Å². The maximum absolute atomic E-state index is 10.4. The molecule has 174 valence electrons. The molecule has 0 unspecified atom stereocenters. The second-order valence-electron chi connectivity index (χ2n) is 10.2. The predicted molar refractivity (Wildman–Crippen MR) is 149 cm³/mol. The fraction of sp³-hybridized carbons (Fsp3) is 0.161. The van der Waals surface area contributed by atoms with Crippen LogP contribution < -0.4 is 10.4 Å². The quantitative estimate of drug-likeness (QED) is 0.231. The summed E-state index contributed by atoms with van der Waals surface area (Å²) in [6.07, 6.45) is 0. The summed E-state index contributed by atoms with van der Waals surface area (Å²) in [5, 5.41) is 24.3. The summed E-state index contributed by atoms with van der Waals surface area (Å²) >= 11 is 0. The highest BCUT2D eigenvalue weighted by Gasteiger charge is 2.25. The number of fused-ring (bicyclic) bond motifs is 2. The molecule has 5 aromatic carbocycles. The predicted octanol–water partition coefficient (Wildman–Crippen LogP) is 6.75. The van der Waals surface area contributed by atoms with Gasteiger partial charge in [0, 0.05) is 22.1 Å². The molecule has 5 rings (SSSR count). The monoisotopic (exact) mass is 459 g/mol. The Labute approximate surface area is 207 Å². The van der Waals surface area contributed by atoms with E-state index in [1.807, 2.05) is 36.4 Å². The second-order valence-corrected chi connectivity index (χ2v) is 10.2. The van der Waals surface area contributed by atoms with Crippen LogP contribution in [0.25, 0.3) is 21.5 Å². The van der Waals surface area contributed by atoms with Gasteiger partial charge in [0.25, 0.3) is 0 Å². The van der Waals surface area contributed by atoms with Gasteiger partial charge >= 0.3 is 7.12 Å². The maximum Gasteiger partial charge on any atom is 0.489 e. The van der Waals surface area contributed by atoms with Gasteiger partial charge in [0.05, 0.1) is 5.69 Å². The van der Waals surface area contributed by atoms with E-state index in [2.05, 4.69) is 93.3 Å². The fourth-order valence-corrected chi connectivity index (χ4v) is 4.87. The van der Waals surface area contributed by atoms with Crippen molar-refractivity contribution in [3.8, 4) is 0 Å². The number of hydrogen-bond acceptors (Lipinski definition) is 3. The van der Waals surface area contributed by atoms with E-state index >= 15 is 0 Å². The van der Waals surface area contributed by atoms with Gasteiger partial charge in [-0.25, -0.2) is 0 Å². The molecule has 0 heterocycles. The normalized spacial score (nSPS) is 11.7. The third-order valence-electron chi connectivity index (χ3n) is 6.71. The average molecular weight is 459 g/mol. The van der Waals surface area contributed by atoms with Crippen LogP contribution in [0.3, 0.4) is 0 Å². The summed E-state index contributed by atoms with van der Waals surface area (Å²) in [5.41, 5.74) is 6.19. The number of benzene rings is 5. The minimum Gasteiger partial charge on any atom is -0.423 e. The average Bonchev–Trinajstić information content (AvgIpc) is 2.84. The Hall–Kier alpha value is -3.60. The maximum atomic E-state index is 10.4.